The number of benzene rings is 1. The van der Waals surface area contributed by atoms with Crippen LogP contribution in [0.5, 0.6) is 0 Å². The Hall–Kier alpha value is -2.51. The number of likely N-dealkylation sites (tertiary alicyclic amines) is 1. The Labute approximate surface area is 166 Å². The first kappa shape index (κ1) is 17.6. The maximum Gasteiger partial charge on any atom is 0.255 e. The summed E-state index contributed by atoms with van der Waals surface area (Å²) in [6.45, 7) is 2.48. The molecule has 1 aromatic heterocycles. The van der Waals surface area contributed by atoms with Gasteiger partial charge in [-0.15, -0.1) is 11.3 Å². The number of hydrogen-bond acceptors (Lipinski definition) is 5. The minimum absolute atomic E-state index is 0.0311. The van der Waals surface area contributed by atoms with Crippen molar-refractivity contribution >= 4 is 28.9 Å². The summed E-state index contributed by atoms with van der Waals surface area (Å²) >= 11 is 1.28. The maximum atomic E-state index is 13.1. The Morgan fingerprint density at radius 2 is 2.04 bits per heavy atom. The highest BCUT2D eigenvalue weighted by atomic mass is 32.1. The van der Waals surface area contributed by atoms with Gasteiger partial charge in [-0.25, -0.2) is 0 Å². The monoisotopic (exact) mass is 396 g/mol. The van der Waals surface area contributed by atoms with E-state index >= 15 is 0 Å². The summed E-state index contributed by atoms with van der Waals surface area (Å²) in [5.41, 5.74) is 0.838. The Balaban J connectivity index is 1.44. The van der Waals surface area contributed by atoms with E-state index in [1.54, 1.807) is 16.3 Å². The average molecular weight is 396 g/mol. The van der Waals surface area contributed by atoms with E-state index < -0.39 is 5.72 Å². The maximum absolute atomic E-state index is 13.1. The number of Topliss-reactive ketones (excluding diaryl/α,β-unsaturated/α-hetero) is 1. The molecule has 0 radical (unpaired) electrons. The van der Waals surface area contributed by atoms with Crippen molar-refractivity contribution in [2.24, 2.45) is 0 Å². The lowest BCUT2D eigenvalue weighted by atomic mass is 10.0. The molecule has 3 fully saturated rings. The van der Waals surface area contributed by atoms with E-state index in [2.05, 4.69) is 0 Å². The van der Waals surface area contributed by atoms with Crippen molar-refractivity contribution in [2.75, 3.05) is 13.2 Å². The standard InChI is InChI=1S/C21H20N2O4S/c1-13(24)17-9-15(12-28-17)20(26)22-8-7-21-18(22)10-19(25)23(21)16(11-27-21)14-5-3-2-4-6-14/h2-6,9,12,16,18H,7-8,10-11H2,1H3/t16-,18+,21-/m0/s1. The number of hydrogen-bond donors (Lipinski definition) is 0. The fourth-order valence-electron chi connectivity index (χ4n) is 4.81. The summed E-state index contributed by atoms with van der Waals surface area (Å²) in [5, 5.41) is 1.72. The van der Waals surface area contributed by atoms with Crippen molar-refractivity contribution < 1.29 is 19.1 Å². The predicted octanol–water partition coefficient (Wildman–Crippen LogP) is 2.87. The molecule has 1 spiro atoms. The summed E-state index contributed by atoms with van der Waals surface area (Å²) in [7, 11) is 0. The van der Waals surface area contributed by atoms with E-state index in [0.717, 1.165) is 5.56 Å². The molecule has 0 aliphatic carbocycles. The molecule has 7 heteroatoms. The largest absolute Gasteiger partial charge is 0.351 e. The van der Waals surface area contributed by atoms with Gasteiger partial charge in [0.1, 0.15) is 0 Å². The van der Waals surface area contributed by atoms with Crippen molar-refractivity contribution in [3.05, 3.63) is 57.8 Å². The number of amides is 2. The van der Waals surface area contributed by atoms with E-state index in [1.165, 1.54) is 18.3 Å². The summed E-state index contributed by atoms with van der Waals surface area (Å²) in [4.78, 5) is 41.8. The van der Waals surface area contributed by atoms with Crippen LogP contribution in [-0.2, 0) is 9.53 Å². The Kier molecular flexibility index (Phi) is 3.93. The number of carbonyl (C=O) groups excluding carboxylic acids is 3. The molecular weight excluding hydrogens is 376 g/mol. The Bertz CT molecular complexity index is 972. The highest BCUT2D eigenvalue weighted by Gasteiger charge is 2.65. The molecular formula is C21H20N2O4S. The molecule has 3 aliphatic heterocycles. The number of ketones is 1. The first-order valence-electron chi connectivity index (χ1n) is 9.43. The molecule has 3 atom stereocenters. The highest BCUT2D eigenvalue weighted by Crippen LogP contribution is 2.51. The molecule has 0 bridgehead atoms. The van der Waals surface area contributed by atoms with Gasteiger partial charge in [-0.05, 0) is 18.6 Å². The topological polar surface area (TPSA) is 66.9 Å². The van der Waals surface area contributed by atoms with E-state index in [-0.39, 0.29) is 36.1 Å². The molecule has 6 nitrogen and oxygen atoms in total. The van der Waals surface area contributed by atoms with Gasteiger partial charge in [-0.3, -0.25) is 14.4 Å². The molecule has 4 heterocycles. The van der Waals surface area contributed by atoms with Gasteiger partial charge in [-0.1, -0.05) is 30.3 Å². The fraction of sp³-hybridized carbons (Fsp3) is 0.381. The third-order valence-electron chi connectivity index (χ3n) is 6.09. The molecule has 2 amide bonds. The van der Waals surface area contributed by atoms with Crippen LogP contribution in [0.25, 0.3) is 0 Å². The van der Waals surface area contributed by atoms with Crippen molar-refractivity contribution in [3.8, 4) is 0 Å². The smallest absolute Gasteiger partial charge is 0.255 e. The molecule has 0 saturated carbocycles. The van der Waals surface area contributed by atoms with Crippen LogP contribution in [0.3, 0.4) is 0 Å². The van der Waals surface area contributed by atoms with Gasteiger partial charge in [-0.2, -0.15) is 0 Å². The molecule has 3 aliphatic rings. The molecule has 3 saturated heterocycles. The summed E-state index contributed by atoms with van der Waals surface area (Å²) in [6.07, 6.45) is 0.890. The quantitative estimate of drug-likeness (QED) is 0.749. The van der Waals surface area contributed by atoms with Gasteiger partial charge in [0.05, 0.1) is 35.6 Å². The van der Waals surface area contributed by atoms with Crippen molar-refractivity contribution in [1.82, 2.24) is 9.80 Å². The van der Waals surface area contributed by atoms with E-state index in [4.69, 9.17) is 4.74 Å². The molecule has 28 heavy (non-hydrogen) atoms. The van der Waals surface area contributed by atoms with Gasteiger partial charge in [0, 0.05) is 18.3 Å². The molecule has 5 rings (SSSR count). The van der Waals surface area contributed by atoms with Crippen LogP contribution in [0.4, 0.5) is 0 Å². The third kappa shape index (κ3) is 2.39. The van der Waals surface area contributed by atoms with E-state index in [1.807, 2.05) is 35.2 Å². The zero-order valence-corrected chi connectivity index (χ0v) is 16.3. The van der Waals surface area contributed by atoms with Crippen molar-refractivity contribution in [2.45, 2.75) is 37.6 Å². The van der Waals surface area contributed by atoms with Crippen LogP contribution in [0.2, 0.25) is 0 Å². The van der Waals surface area contributed by atoms with E-state index in [9.17, 15) is 14.4 Å². The highest BCUT2D eigenvalue weighted by molar-refractivity contribution is 7.12. The minimum atomic E-state index is -0.729. The number of carbonyl (C=O) groups is 3. The Morgan fingerprint density at radius 1 is 1.25 bits per heavy atom. The van der Waals surface area contributed by atoms with Crippen LogP contribution in [0.15, 0.2) is 41.8 Å². The predicted molar refractivity (Wildman–Crippen MR) is 103 cm³/mol. The fourth-order valence-corrected chi connectivity index (χ4v) is 5.59. The normalized spacial score (nSPS) is 28.5. The van der Waals surface area contributed by atoms with Crippen LogP contribution >= 0.6 is 11.3 Å². The molecule has 2 aromatic rings. The number of nitrogens with zero attached hydrogens (tertiary/aromatic N) is 2. The zero-order chi connectivity index (χ0) is 19.5. The van der Waals surface area contributed by atoms with Crippen LogP contribution < -0.4 is 0 Å². The van der Waals surface area contributed by atoms with E-state index in [0.29, 0.717) is 30.0 Å². The average Bonchev–Trinajstić information content (AvgIpc) is 3.43. The lowest BCUT2D eigenvalue weighted by Gasteiger charge is -2.33. The van der Waals surface area contributed by atoms with Gasteiger partial charge in [0.25, 0.3) is 5.91 Å². The second-order valence-electron chi connectivity index (χ2n) is 7.57. The second-order valence-corrected chi connectivity index (χ2v) is 8.48. The SMILES string of the molecule is CC(=O)c1cc(C(=O)N2CC[C@@]34OC[C@@H](c5ccccc5)N3C(=O)C[C@@H]24)cs1. The number of ether oxygens (including phenoxy) is 1. The lowest BCUT2D eigenvalue weighted by molar-refractivity contribution is -0.138. The summed E-state index contributed by atoms with van der Waals surface area (Å²) in [5.74, 6) is -0.148. The van der Waals surface area contributed by atoms with Gasteiger partial charge in [0.15, 0.2) is 11.5 Å². The van der Waals surface area contributed by atoms with Crippen LogP contribution in [0.1, 0.15) is 51.4 Å². The van der Waals surface area contributed by atoms with Crippen molar-refractivity contribution in [1.29, 1.82) is 0 Å². The van der Waals surface area contributed by atoms with Crippen molar-refractivity contribution in [3.63, 3.8) is 0 Å². The minimum Gasteiger partial charge on any atom is -0.351 e. The molecule has 0 N–H and O–H groups in total. The molecule has 0 unspecified atom stereocenters. The number of rotatable bonds is 3. The van der Waals surface area contributed by atoms with Gasteiger partial charge >= 0.3 is 0 Å². The number of thiophene rings is 1. The van der Waals surface area contributed by atoms with Crippen LogP contribution in [0, 0.1) is 0 Å². The zero-order valence-electron chi connectivity index (χ0n) is 15.5. The van der Waals surface area contributed by atoms with Crippen LogP contribution in [-0.4, -0.2) is 52.3 Å². The van der Waals surface area contributed by atoms with Gasteiger partial charge < -0.3 is 14.5 Å². The third-order valence-corrected chi connectivity index (χ3v) is 7.12. The first-order valence-corrected chi connectivity index (χ1v) is 10.3. The summed E-state index contributed by atoms with van der Waals surface area (Å²) in [6, 6.07) is 11.2. The lowest BCUT2D eigenvalue weighted by Crippen LogP contribution is -2.49. The summed E-state index contributed by atoms with van der Waals surface area (Å²) < 4.78 is 6.25. The Morgan fingerprint density at radius 3 is 2.75 bits per heavy atom. The second kappa shape index (κ2) is 6.25. The van der Waals surface area contributed by atoms with Gasteiger partial charge in [0.2, 0.25) is 5.91 Å². The molecule has 144 valence electrons. The molecule has 1 aromatic carbocycles. The first-order chi connectivity index (χ1) is 13.5.